The molecule has 0 radical (unpaired) electrons. The SMILES string of the molecule is C=C1CC23CC(O)C4(O)C5(C)CC(O)CC46C(C2C1C(OC(=O)/C(C)=C/C)C(OC(=O)/C(C)=C/C)C36)N(C)C5. The summed E-state index contributed by atoms with van der Waals surface area (Å²) in [5, 5.41) is 36.1. The second kappa shape index (κ2) is 8.28. The highest BCUT2D eigenvalue weighted by Gasteiger charge is 2.90. The molecule has 0 amide bonds. The fraction of sp³-hybridized carbons (Fsp3) is 0.742. The van der Waals surface area contributed by atoms with Crippen LogP contribution in [-0.4, -0.2) is 81.8 Å². The van der Waals surface area contributed by atoms with Crippen LogP contribution in [0.1, 0.15) is 60.3 Å². The average molecular weight is 542 g/mol. The summed E-state index contributed by atoms with van der Waals surface area (Å²) in [5.41, 5.74) is -1.88. The van der Waals surface area contributed by atoms with Crippen LogP contribution in [0.4, 0.5) is 0 Å². The van der Waals surface area contributed by atoms with Crippen LogP contribution in [0, 0.1) is 34.0 Å². The predicted octanol–water partition coefficient (Wildman–Crippen LogP) is 2.52. The van der Waals surface area contributed by atoms with Crippen LogP contribution in [0.5, 0.6) is 0 Å². The second-order valence-corrected chi connectivity index (χ2v) is 13.8. The van der Waals surface area contributed by atoms with Crippen molar-refractivity contribution in [2.24, 2.45) is 34.0 Å². The zero-order chi connectivity index (χ0) is 28.4. The van der Waals surface area contributed by atoms with Gasteiger partial charge in [0.25, 0.3) is 0 Å². The van der Waals surface area contributed by atoms with Gasteiger partial charge in [0.2, 0.25) is 0 Å². The number of aliphatic hydroxyl groups excluding tert-OH is 2. The van der Waals surface area contributed by atoms with Gasteiger partial charge >= 0.3 is 11.9 Å². The molecular weight excluding hydrogens is 498 g/mol. The van der Waals surface area contributed by atoms with Gasteiger partial charge in [-0.3, -0.25) is 0 Å². The van der Waals surface area contributed by atoms with E-state index < -0.39 is 64.1 Å². The summed E-state index contributed by atoms with van der Waals surface area (Å²) in [6.45, 7) is 13.9. The summed E-state index contributed by atoms with van der Waals surface area (Å²) in [7, 11) is 2.07. The molecule has 2 spiro atoms. The van der Waals surface area contributed by atoms with Crippen LogP contribution in [0.15, 0.2) is 35.5 Å². The number of likely N-dealkylation sites (tertiary alicyclic amines) is 1. The van der Waals surface area contributed by atoms with Crippen molar-refractivity contribution < 1.29 is 34.4 Å². The number of hydrogen-bond donors (Lipinski definition) is 3. The smallest absolute Gasteiger partial charge is 0.333 e. The third-order valence-corrected chi connectivity index (χ3v) is 12.1. The van der Waals surface area contributed by atoms with Crippen molar-refractivity contribution in [3.63, 3.8) is 0 Å². The number of carbonyl (C=O) groups is 2. The van der Waals surface area contributed by atoms with E-state index in [-0.39, 0.29) is 17.9 Å². The highest BCUT2D eigenvalue weighted by Crippen LogP contribution is 2.84. The van der Waals surface area contributed by atoms with Crippen molar-refractivity contribution in [2.45, 2.75) is 96.4 Å². The number of piperidine rings is 1. The number of carbonyl (C=O) groups excluding carboxylic acids is 2. The standard InChI is InChI=1S/C31H43NO7/c1-8-15(3)26(35)38-22-20-17(5)10-29-13-19(34)31(37)28(6)11-18(33)12-30(31,25(21(20)29)32(7)14-28)24(29)23(22)39-27(36)16(4)9-2/h8-9,18-25,33-34,37H,5,10-14H2,1-4,6-7H3/b15-8+,16-9+. The molecule has 6 bridgehead atoms. The van der Waals surface area contributed by atoms with E-state index in [1.54, 1.807) is 39.8 Å². The number of nitrogens with zero attached hydrogens (tertiary/aromatic N) is 1. The Bertz CT molecular complexity index is 1210. The molecule has 1 aliphatic heterocycles. The van der Waals surface area contributed by atoms with E-state index in [2.05, 4.69) is 18.5 Å². The lowest BCUT2D eigenvalue weighted by Crippen LogP contribution is -2.82. The first-order valence-corrected chi connectivity index (χ1v) is 14.4. The number of rotatable bonds is 4. The van der Waals surface area contributed by atoms with Gasteiger partial charge in [0.05, 0.1) is 12.2 Å². The Morgan fingerprint density at radius 3 is 2.21 bits per heavy atom. The zero-order valence-electron chi connectivity index (χ0n) is 23.9. The summed E-state index contributed by atoms with van der Waals surface area (Å²) in [6.07, 6.45) is 1.73. The summed E-state index contributed by atoms with van der Waals surface area (Å²) in [4.78, 5) is 28.9. The van der Waals surface area contributed by atoms with E-state index >= 15 is 0 Å². The van der Waals surface area contributed by atoms with Gasteiger partial charge in [-0.25, -0.2) is 9.59 Å². The van der Waals surface area contributed by atoms with Crippen molar-refractivity contribution in [3.8, 4) is 0 Å². The Labute approximate surface area is 230 Å². The lowest BCUT2D eigenvalue weighted by atomic mass is 9.38. The maximum Gasteiger partial charge on any atom is 0.333 e. The van der Waals surface area contributed by atoms with Gasteiger partial charge in [-0.1, -0.05) is 31.2 Å². The Hall–Kier alpha value is -2.00. The molecular formula is C31H43NO7. The second-order valence-electron chi connectivity index (χ2n) is 13.8. The molecule has 8 heteroatoms. The van der Waals surface area contributed by atoms with Gasteiger partial charge in [-0.05, 0) is 71.8 Å². The molecule has 5 saturated carbocycles. The first-order chi connectivity index (χ1) is 18.2. The van der Waals surface area contributed by atoms with Crippen LogP contribution >= 0.6 is 0 Å². The fourth-order valence-corrected chi connectivity index (χ4v) is 11.1. The van der Waals surface area contributed by atoms with Crippen LogP contribution in [0.2, 0.25) is 0 Å². The average Bonchev–Trinajstić information content (AvgIpc) is 3.14. The Balaban J connectivity index is 1.61. The monoisotopic (exact) mass is 541 g/mol. The van der Waals surface area contributed by atoms with Crippen LogP contribution in [-0.2, 0) is 19.1 Å². The molecule has 0 aromatic carbocycles. The molecule has 12 unspecified atom stereocenters. The Morgan fingerprint density at radius 1 is 1.03 bits per heavy atom. The van der Waals surface area contributed by atoms with Crippen molar-refractivity contribution in [1.82, 2.24) is 4.90 Å². The summed E-state index contributed by atoms with van der Waals surface area (Å²) in [5.74, 6) is -1.76. The summed E-state index contributed by atoms with van der Waals surface area (Å²) >= 11 is 0. The van der Waals surface area contributed by atoms with Crippen molar-refractivity contribution in [3.05, 3.63) is 35.5 Å². The first kappa shape index (κ1) is 27.2. The summed E-state index contributed by atoms with van der Waals surface area (Å²) in [6, 6.07) is -0.201. The molecule has 0 aromatic heterocycles. The molecule has 3 N–H and O–H groups in total. The highest BCUT2D eigenvalue weighted by atomic mass is 16.6. The molecule has 8 nitrogen and oxygen atoms in total. The first-order valence-electron chi connectivity index (χ1n) is 14.4. The van der Waals surface area contributed by atoms with Crippen LogP contribution in [0.25, 0.3) is 0 Å². The number of esters is 2. The largest absolute Gasteiger partial charge is 0.455 e. The zero-order valence-corrected chi connectivity index (χ0v) is 23.9. The van der Waals surface area contributed by atoms with E-state index in [9.17, 15) is 24.9 Å². The Kier molecular flexibility index (Phi) is 5.77. The Morgan fingerprint density at radius 2 is 1.62 bits per heavy atom. The van der Waals surface area contributed by atoms with Gasteiger partial charge < -0.3 is 29.7 Å². The highest BCUT2D eigenvalue weighted by molar-refractivity contribution is 5.89. The maximum atomic E-state index is 13.4. The van der Waals surface area contributed by atoms with Crippen molar-refractivity contribution in [1.29, 1.82) is 0 Å². The van der Waals surface area contributed by atoms with Crippen LogP contribution < -0.4 is 0 Å². The lowest BCUT2D eigenvalue weighted by molar-refractivity contribution is -0.342. The van der Waals surface area contributed by atoms with Crippen LogP contribution in [0.3, 0.4) is 0 Å². The van der Waals surface area contributed by atoms with Crippen molar-refractivity contribution in [2.75, 3.05) is 13.6 Å². The minimum absolute atomic E-state index is 0.0694. The maximum absolute atomic E-state index is 13.4. The molecule has 12 atom stereocenters. The fourth-order valence-electron chi connectivity index (χ4n) is 11.1. The molecule has 214 valence electrons. The third kappa shape index (κ3) is 2.94. The minimum atomic E-state index is -1.50. The predicted molar refractivity (Wildman–Crippen MR) is 143 cm³/mol. The van der Waals surface area contributed by atoms with Gasteiger partial charge in [0.1, 0.15) is 17.8 Å². The minimum Gasteiger partial charge on any atom is -0.455 e. The number of aliphatic hydroxyl groups is 3. The quantitative estimate of drug-likeness (QED) is 0.283. The van der Waals surface area contributed by atoms with Crippen molar-refractivity contribution >= 4 is 11.9 Å². The molecule has 6 aliphatic rings. The molecule has 39 heavy (non-hydrogen) atoms. The van der Waals surface area contributed by atoms with E-state index in [4.69, 9.17) is 9.47 Å². The topological polar surface area (TPSA) is 117 Å². The summed E-state index contributed by atoms with van der Waals surface area (Å²) < 4.78 is 12.6. The molecule has 1 saturated heterocycles. The van der Waals surface area contributed by atoms with Gasteiger partial charge in [-0.2, -0.15) is 0 Å². The number of hydrogen-bond acceptors (Lipinski definition) is 8. The number of ether oxygens (including phenoxy) is 2. The third-order valence-electron chi connectivity index (χ3n) is 12.1. The molecule has 6 fully saturated rings. The van der Waals surface area contributed by atoms with Gasteiger partial charge in [0, 0.05) is 46.4 Å². The molecule has 0 aromatic rings. The normalized spacial score (nSPS) is 52.1. The molecule has 1 heterocycles. The van der Waals surface area contributed by atoms with E-state index in [0.29, 0.717) is 43.4 Å². The van der Waals surface area contributed by atoms with E-state index in [0.717, 1.165) is 5.57 Å². The lowest BCUT2D eigenvalue weighted by Gasteiger charge is -2.72. The van der Waals surface area contributed by atoms with E-state index in [1.807, 2.05) is 6.92 Å². The molecule has 6 rings (SSSR count). The number of allylic oxidation sites excluding steroid dienone is 2. The van der Waals surface area contributed by atoms with E-state index in [1.165, 1.54) is 0 Å². The van der Waals surface area contributed by atoms with Gasteiger partial charge in [0.15, 0.2) is 0 Å². The van der Waals surface area contributed by atoms with Gasteiger partial charge in [-0.15, -0.1) is 0 Å². The molecule has 5 aliphatic carbocycles.